The van der Waals surface area contributed by atoms with Gasteiger partial charge in [0.2, 0.25) is 0 Å². The van der Waals surface area contributed by atoms with Gasteiger partial charge in [-0.3, -0.25) is 0 Å². The first-order valence-corrected chi connectivity index (χ1v) is 5.55. The number of carbonyl (C=O) groups is 1. The van der Waals surface area contributed by atoms with Crippen LogP contribution in [0.3, 0.4) is 0 Å². The summed E-state index contributed by atoms with van der Waals surface area (Å²) < 4.78 is 13.3. The zero-order valence-electron chi connectivity index (χ0n) is 9.91. The number of halogens is 1. The largest absolute Gasteiger partial charge is 0.323 e. The van der Waals surface area contributed by atoms with Crippen LogP contribution in [0.4, 0.5) is 20.6 Å². The number of amides is 2. The smallest absolute Gasteiger partial charge is 0.308 e. The second-order valence-corrected chi connectivity index (χ2v) is 3.86. The highest BCUT2D eigenvalue weighted by Crippen LogP contribution is 2.17. The third kappa shape index (κ3) is 2.85. The van der Waals surface area contributed by atoms with E-state index >= 15 is 0 Å². The first-order valence-electron chi connectivity index (χ1n) is 5.55. The SMILES string of the molecule is Cc1c(F)cccc1NC(=O)Nc1ccccc1. The van der Waals surface area contributed by atoms with Gasteiger partial charge in [-0.25, -0.2) is 9.18 Å². The number of benzene rings is 2. The lowest BCUT2D eigenvalue weighted by Gasteiger charge is -2.10. The molecule has 3 nitrogen and oxygen atoms in total. The maximum absolute atomic E-state index is 13.3. The molecule has 0 bridgehead atoms. The van der Waals surface area contributed by atoms with E-state index in [0.29, 0.717) is 16.9 Å². The molecule has 0 fully saturated rings. The van der Waals surface area contributed by atoms with Gasteiger partial charge in [-0.1, -0.05) is 24.3 Å². The lowest BCUT2D eigenvalue weighted by molar-refractivity contribution is 0.262. The highest BCUT2D eigenvalue weighted by molar-refractivity contribution is 6.00. The number of hydrogen-bond donors (Lipinski definition) is 2. The van der Waals surface area contributed by atoms with Crippen molar-refractivity contribution in [2.45, 2.75) is 6.92 Å². The van der Waals surface area contributed by atoms with E-state index in [0.717, 1.165) is 0 Å². The number of anilines is 2. The van der Waals surface area contributed by atoms with Crippen molar-refractivity contribution < 1.29 is 9.18 Å². The van der Waals surface area contributed by atoms with Crippen LogP contribution < -0.4 is 10.6 Å². The van der Waals surface area contributed by atoms with E-state index < -0.39 is 6.03 Å². The average molecular weight is 244 g/mol. The Hall–Kier alpha value is -2.36. The molecule has 2 N–H and O–H groups in total. The molecular formula is C14H13FN2O. The molecule has 2 amide bonds. The first-order chi connectivity index (χ1) is 8.66. The summed E-state index contributed by atoms with van der Waals surface area (Å²) in [5.41, 5.74) is 1.56. The van der Waals surface area contributed by atoms with E-state index in [-0.39, 0.29) is 5.82 Å². The number of para-hydroxylation sites is 1. The molecule has 2 aromatic carbocycles. The predicted molar refractivity (Wildman–Crippen MR) is 70.2 cm³/mol. The zero-order valence-corrected chi connectivity index (χ0v) is 9.91. The van der Waals surface area contributed by atoms with Crippen molar-refractivity contribution in [3.63, 3.8) is 0 Å². The third-order valence-electron chi connectivity index (χ3n) is 2.55. The Morgan fingerprint density at radius 3 is 2.44 bits per heavy atom. The number of carbonyl (C=O) groups excluding carboxylic acids is 1. The maximum atomic E-state index is 13.3. The van der Waals surface area contributed by atoms with Gasteiger partial charge in [0.05, 0.1) is 0 Å². The van der Waals surface area contributed by atoms with Crippen LogP contribution in [0.2, 0.25) is 0 Å². The summed E-state index contributed by atoms with van der Waals surface area (Å²) >= 11 is 0. The van der Waals surface area contributed by atoms with E-state index in [2.05, 4.69) is 10.6 Å². The Kier molecular flexibility index (Phi) is 3.57. The van der Waals surface area contributed by atoms with Gasteiger partial charge in [0.1, 0.15) is 5.82 Å². The zero-order chi connectivity index (χ0) is 13.0. The van der Waals surface area contributed by atoms with Gasteiger partial charge in [0.25, 0.3) is 0 Å². The minimum atomic E-state index is -0.394. The lowest BCUT2D eigenvalue weighted by Crippen LogP contribution is -2.20. The van der Waals surface area contributed by atoms with Crippen molar-refractivity contribution in [3.05, 3.63) is 59.9 Å². The normalized spacial score (nSPS) is 9.89. The standard InChI is InChI=1S/C14H13FN2O/c1-10-12(15)8-5-9-13(10)17-14(18)16-11-6-3-2-4-7-11/h2-9H,1H3,(H2,16,17,18). The van der Waals surface area contributed by atoms with Crippen LogP contribution in [0, 0.1) is 12.7 Å². The monoisotopic (exact) mass is 244 g/mol. The van der Waals surface area contributed by atoms with Crippen molar-refractivity contribution >= 4 is 17.4 Å². The Morgan fingerprint density at radius 2 is 1.72 bits per heavy atom. The van der Waals surface area contributed by atoms with E-state index in [1.54, 1.807) is 31.2 Å². The van der Waals surface area contributed by atoms with Gasteiger partial charge in [-0.2, -0.15) is 0 Å². The van der Waals surface area contributed by atoms with Crippen LogP contribution >= 0.6 is 0 Å². The van der Waals surface area contributed by atoms with E-state index in [4.69, 9.17) is 0 Å². The molecule has 0 aliphatic rings. The molecule has 0 spiro atoms. The van der Waals surface area contributed by atoms with Crippen LogP contribution in [-0.2, 0) is 0 Å². The maximum Gasteiger partial charge on any atom is 0.323 e. The summed E-state index contributed by atoms with van der Waals surface area (Å²) in [6.45, 7) is 1.62. The summed E-state index contributed by atoms with van der Waals surface area (Å²) in [4.78, 5) is 11.7. The van der Waals surface area contributed by atoms with Crippen LogP contribution in [0.1, 0.15) is 5.56 Å². The molecule has 0 unspecified atom stereocenters. The summed E-state index contributed by atoms with van der Waals surface area (Å²) in [6.07, 6.45) is 0. The molecule has 0 aromatic heterocycles. The van der Waals surface area contributed by atoms with Gasteiger partial charge in [0, 0.05) is 16.9 Å². The molecule has 4 heteroatoms. The first kappa shape index (κ1) is 12.1. The third-order valence-corrected chi connectivity index (χ3v) is 2.55. The van der Waals surface area contributed by atoms with E-state index in [9.17, 15) is 9.18 Å². The fourth-order valence-corrected chi connectivity index (χ4v) is 1.55. The number of urea groups is 1. The Balaban J connectivity index is 2.06. The fraction of sp³-hybridized carbons (Fsp3) is 0.0714. The molecule has 0 radical (unpaired) electrons. The Bertz CT molecular complexity index is 555. The topological polar surface area (TPSA) is 41.1 Å². The predicted octanol–water partition coefficient (Wildman–Crippen LogP) is 3.78. The summed E-state index contributed by atoms with van der Waals surface area (Å²) in [6, 6.07) is 13.2. The van der Waals surface area contributed by atoms with Gasteiger partial charge >= 0.3 is 6.03 Å². The molecule has 92 valence electrons. The highest BCUT2D eigenvalue weighted by atomic mass is 19.1. The molecule has 2 aromatic rings. The van der Waals surface area contributed by atoms with Crippen LogP contribution in [0.25, 0.3) is 0 Å². The van der Waals surface area contributed by atoms with Crippen molar-refractivity contribution in [1.82, 2.24) is 0 Å². The van der Waals surface area contributed by atoms with Crippen molar-refractivity contribution in [2.24, 2.45) is 0 Å². The molecule has 0 aliphatic heterocycles. The number of hydrogen-bond acceptors (Lipinski definition) is 1. The molecule has 0 aliphatic carbocycles. The molecule has 0 saturated carbocycles. The Morgan fingerprint density at radius 1 is 1.00 bits per heavy atom. The second kappa shape index (κ2) is 5.31. The highest BCUT2D eigenvalue weighted by Gasteiger charge is 2.07. The average Bonchev–Trinajstić information content (AvgIpc) is 2.36. The molecule has 0 saturated heterocycles. The van der Waals surface area contributed by atoms with Crippen LogP contribution in [0.5, 0.6) is 0 Å². The van der Waals surface area contributed by atoms with E-state index in [1.165, 1.54) is 6.07 Å². The van der Waals surface area contributed by atoms with Crippen LogP contribution in [-0.4, -0.2) is 6.03 Å². The molecule has 18 heavy (non-hydrogen) atoms. The summed E-state index contributed by atoms with van der Waals surface area (Å²) in [7, 11) is 0. The summed E-state index contributed by atoms with van der Waals surface area (Å²) in [5, 5.41) is 5.27. The minimum absolute atomic E-state index is 0.340. The van der Waals surface area contributed by atoms with E-state index in [1.807, 2.05) is 18.2 Å². The van der Waals surface area contributed by atoms with Crippen molar-refractivity contribution in [3.8, 4) is 0 Å². The van der Waals surface area contributed by atoms with Gasteiger partial charge in [0.15, 0.2) is 0 Å². The molecule has 0 atom stereocenters. The number of rotatable bonds is 2. The molecule has 0 heterocycles. The van der Waals surface area contributed by atoms with Crippen LogP contribution in [0.15, 0.2) is 48.5 Å². The fourth-order valence-electron chi connectivity index (χ4n) is 1.55. The van der Waals surface area contributed by atoms with Crippen molar-refractivity contribution in [1.29, 1.82) is 0 Å². The van der Waals surface area contributed by atoms with Gasteiger partial charge < -0.3 is 10.6 Å². The summed E-state index contributed by atoms with van der Waals surface area (Å²) in [5.74, 6) is -0.340. The van der Waals surface area contributed by atoms with Gasteiger partial charge in [-0.15, -0.1) is 0 Å². The molecule has 2 rings (SSSR count). The molecular weight excluding hydrogens is 231 g/mol. The lowest BCUT2D eigenvalue weighted by atomic mass is 10.2. The van der Waals surface area contributed by atoms with Gasteiger partial charge in [-0.05, 0) is 31.2 Å². The number of nitrogens with one attached hydrogen (secondary N) is 2. The Labute approximate surface area is 105 Å². The second-order valence-electron chi connectivity index (χ2n) is 3.86. The minimum Gasteiger partial charge on any atom is -0.308 e. The quantitative estimate of drug-likeness (QED) is 0.829. The van der Waals surface area contributed by atoms with Crippen molar-refractivity contribution in [2.75, 3.05) is 10.6 Å².